The predicted molar refractivity (Wildman–Crippen MR) is 101 cm³/mol. The predicted octanol–water partition coefficient (Wildman–Crippen LogP) is 2.76. The van der Waals surface area contributed by atoms with Crippen LogP contribution in [-0.2, 0) is 11.2 Å². The van der Waals surface area contributed by atoms with Gasteiger partial charge in [0.05, 0.1) is 0 Å². The standard InChI is InChI=1S/C21H22N2O4/c1-13(2)19(21(25)23-10-9-14-5-3-4-6-16(14)23)22-20(24)15-7-8-17-18(11-15)27-12-26-17/h3-8,11,13,19H,9-10,12H2,1-2H3,(H,22,24)/t19-/m0/s1. The molecule has 0 fully saturated rings. The van der Waals surface area contributed by atoms with Gasteiger partial charge in [0.15, 0.2) is 11.5 Å². The molecule has 27 heavy (non-hydrogen) atoms. The summed E-state index contributed by atoms with van der Waals surface area (Å²) in [5.41, 5.74) is 2.54. The number of para-hydroxylation sites is 1. The monoisotopic (exact) mass is 366 g/mol. The van der Waals surface area contributed by atoms with Crippen LogP contribution in [0, 0.1) is 5.92 Å². The second-order valence-corrected chi connectivity index (χ2v) is 7.13. The van der Waals surface area contributed by atoms with Crippen molar-refractivity contribution in [1.82, 2.24) is 5.32 Å². The molecule has 0 saturated heterocycles. The number of fused-ring (bicyclic) bond motifs is 2. The van der Waals surface area contributed by atoms with Gasteiger partial charge >= 0.3 is 0 Å². The molecule has 0 unspecified atom stereocenters. The average Bonchev–Trinajstić information content (AvgIpc) is 3.31. The van der Waals surface area contributed by atoms with E-state index in [1.54, 1.807) is 23.1 Å². The zero-order valence-corrected chi connectivity index (χ0v) is 15.4. The average molecular weight is 366 g/mol. The van der Waals surface area contributed by atoms with Gasteiger partial charge in [0.25, 0.3) is 5.91 Å². The number of carbonyl (C=O) groups is 2. The van der Waals surface area contributed by atoms with Crippen LogP contribution in [0.25, 0.3) is 0 Å². The largest absolute Gasteiger partial charge is 0.454 e. The zero-order chi connectivity index (χ0) is 19.0. The van der Waals surface area contributed by atoms with Crippen molar-refractivity contribution >= 4 is 17.5 Å². The Morgan fingerprint density at radius 3 is 2.67 bits per heavy atom. The highest BCUT2D eigenvalue weighted by Gasteiger charge is 2.33. The van der Waals surface area contributed by atoms with Gasteiger partial charge < -0.3 is 19.7 Å². The van der Waals surface area contributed by atoms with Crippen LogP contribution < -0.4 is 19.7 Å². The summed E-state index contributed by atoms with van der Waals surface area (Å²) in [5, 5.41) is 2.90. The van der Waals surface area contributed by atoms with Gasteiger partial charge in [-0.05, 0) is 42.2 Å². The number of amides is 2. The molecule has 2 aromatic carbocycles. The van der Waals surface area contributed by atoms with Crippen LogP contribution in [0.5, 0.6) is 11.5 Å². The maximum absolute atomic E-state index is 13.2. The van der Waals surface area contributed by atoms with Gasteiger partial charge in [0.2, 0.25) is 12.7 Å². The van der Waals surface area contributed by atoms with Crippen molar-refractivity contribution in [1.29, 1.82) is 0 Å². The molecule has 2 aromatic rings. The molecule has 2 amide bonds. The highest BCUT2D eigenvalue weighted by atomic mass is 16.7. The van der Waals surface area contributed by atoms with E-state index in [9.17, 15) is 9.59 Å². The molecule has 0 saturated carbocycles. The minimum atomic E-state index is -0.603. The van der Waals surface area contributed by atoms with E-state index in [1.165, 1.54) is 0 Å². The zero-order valence-electron chi connectivity index (χ0n) is 15.4. The first-order valence-electron chi connectivity index (χ1n) is 9.14. The van der Waals surface area contributed by atoms with Crippen LogP contribution in [0.15, 0.2) is 42.5 Å². The van der Waals surface area contributed by atoms with E-state index < -0.39 is 6.04 Å². The van der Waals surface area contributed by atoms with Gasteiger partial charge in [-0.25, -0.2) is 0 Å². The molecule has 0 radical (unpaired) electrons. The van der Waals surface area contributed by atoms with Crippen molar-refractivity contribution in [3.05, 3.63) is 53.6 Å². The highest BCUT2D eigenvalue weighted by molar-refractivity contribution is 6.03. The van der Waals surface area contributed by atoms with Crippen molar-refractivity contribution in [3.63, 3.8) is 0 Å². The molecule has 0 bridgehead atoms. The molecule has 0 spiro atoms. The van der Waals surface area contributed by atoms with Gasteiger partial charge in [0, 0.05) is 17.8 Å². The Kier molecular flexibility index (Phi) is 4.48. The number of hydrogen-bond acceptors (Lipinski definition) is 4. The van der Waals surface area contributed by atoms with Crippen molar-refractivity contribution in [2.75, 3.05) is 18.2 Å². The van der Waals surface area contributed by atoms with Crippen LogP contribution in [-0.4, -0.2) is 31.2 Å². The number of ether oxygens (including phenoxy) is 2. The summed E-state index contributed by atoms with van der Waals surface area (Å²) < 4.78 is 10.6. The normalized spacial score (nSPS) is 15.6. The number of nitrogens with one attached hydrogen (secondary N) is 1. The third-order valence-electron chi connectivity index (χ3n) is 5.01. The Hall–Kier alpha value is -3.02. The summed E-state index contributed by atoms with van der Waals surface area (Å²) in [6.07, 6.45) is 0.836. The van der Waals surface area contributed by atoms with Crippen LogP contribution >= 0.6 is 0 Å². The van der Waals surface area contributed by atoms with Crippen molar-refractivity contribution in [3.8, 4) is 11.5 Å². The fraction of sp³-hybridized carbons (Fsp3) is 0.333. The molecular weight excluding hydrogens is 344 g/mol. The Balaban J connectivity index is 1.53. The minimum Gasteiger partial charge on any atom is -0.454 e. The third kappa shape index (κ3) is 3.23. The molecule has 140 valence electrons. The molecule has 2 aliphatic rings. The molecule has 6 heteroatoms. The lowest BCUT2D eigenvalue weighted by atomic mass is 10.0. The molecule has 2 aliphatic heterocycles. The second kappa shape index (κ2) is 6.95. The number of rotatable bonds is 4. The maximum Gasteiger partial charge on any atom is 0.252 e. The smallest absolute Gasteiger partial charge is 0.252 e. The van der Waals surface area contributed by atoms with Crippen LogP contribution in [0.4, 0.5) is 5.69 Å². The Morgan fingerprint density at radius 2 is 1.85 bits per heavy atom. The number of hydrogen-bond donors (Lipinski definition) is 1. The second-order valence-electron chi connectivity index (χ2n) is 7.13. The highest BCUT2D eigenvalue weighted by Crippen LogP contribution is 2.33. The van der Waals surface area contributed by atoms with Gasteiger partial charge in [-0.1, -0.05) is 32.0 Å². The van der Waals surface area contributed by atoms with Gasteiger partial charge in [-0.2, -0.15) is 0 Å². The molecule has 0 aliphatic carbocycles. The van der Waals surface area contributed by atoms with E-state index in [0.29, 0.717) is 23.6 Å². The van der Waals surface area contributed by atoms with Crippen molar-refractivity contribution in [2.45, 2.75) is 26.3 Å². The molecule has 6 nitrogen and oxygen atoms in total. The van der Waals surface area contributed by atoms with E-state index in [1.807, 2.05) is 38.1 Å². The summed E-state index contributed by atoms with van der Waals surface area (Å²) in [4.78, 5) is 27.7. The molecule has 1 N–H and O–H groups in total. The summed E-state index contributed by atoms with van der Waals surface area (Å²) in [6, 6.07) is 12.3. The summed E-state index contributed by atoms with van der Waals surface area (Å²) in [6.45, 7) is 4.66. The molecule has 2 heterocycles. The van der Waals surface area contributed by atoms with E-state index >= 15 is 0 Å². The van der Waals surface area contributed by atoms with E-state index in [2.05, 4.69) is 5.32 Å². The van der Waals surface area contributed by atoms with Gasteiger partial charge in [0.1, 0.15) is 6.04 Å². The quantitative estimate of drug-likeness (QED) is 0.904. The Morgan fingerprint density at radius 1 is 1.07 bits per heavy atom. The van der Waals surface area contributed by atoms with Crippen molar-refractivity contribution < 1.29 is 19.1 Å². The first-order valence-corrected chi connectivity index (χ1v) is 9.14. The van der Waals surface area contributed by atoms with E-state index in [4.69, 9.17) is 9.47 Å². The SMILES string of the molecule is CC(C)[C@H](NC(=O)c1ccc2c(c1)OCO2)C(=O)N1CCc2ccccc21. The number of anilines is 1. The summed E-state index contributed by atoms with van der Waals surface area (Å²) in [5.74, 6) is 0.750. The topological polar surface area (TPSA) is 67.9 Å². The lowest BCUT2D eigenvalue weighted by molar-refractivity contribution is -0.121. The lowest BCUT2D eigenvalue weighted by Gasteiger charge is -2.27. The number of nitrogens with zero attached hydrogens (tertiary/aromatic N) is 1. The fourth-order valence-electron chi connectivity index (χ4n) is 3.51. The van der Waals surface area contributed by atoms with Crippen LogP contribution in [0.3, 0.4) is 0 Å². The Bertz CT molecular complexity index is 894. The number of carbonyl (C=O) groups excluding carboxylic acids is 2. The first-order chi connectivity index (χ1) is 13.0. The molecule has 0 aromatic heterocycles. The van der Waals surface area contributed by atoms with Crippen molar-refractivity contribution in [2.24, 2.45) is 5.92 Å². The minimum absolute atomic E-state index is 0.0387. The summed E-state index contributed by atoms with van der Waals surface area (Å²) >= 11 is 0. The lowest BCUT2D eigenvalue weighted by Crippen LogP contribution is -2.51. The van der Waals surface area contributed by atoms with Gasteiger partial charge in [-0.3, -0.25) is 9.59 Å². The molecule has 4 rings (SSSR count). The summed E-state index contributed by atoms with van der Waals surface area (Å²) in [7, 11) is 0. The van der Waals surface area contributed by atoms with E-state index in [-0.39, 0.29) is 24.5 Å². The van der Waals surface area contributed by atoms with Crippen LogP contribution in [0.1, 0.15) is 29.8 Å². The third-order valence-corrected chi connectivity index (χ3v) is 5.01. The molecule has 1 atom stereocenters. The van der Waals surface area contributed by atoms with Gasteiger partial charge in [-0.15, -0.1) is 0 Å². The fourth-order valence-corrected chi connectivity index (χ4v) is 3.51. The first kappa shape index (κ1) is 17.4. The molecular formula is C21H22N2O4. The van der Waals surface area contributed by atoms with E-state index in [0.717, 1.165) is 17.7 Å². The maximum atomic E-state index is 13.2. The number of benzene rings is 2. The Labute approximate surface area is 158 Å². The van der Waals surface area contributed by atoms with Crippen LogP contribution in [0.2, 0.25) is 0 Å².